The zero-order chi connectivity index (χ0) is 21.3. The van der Waals surface area contributed by atoms with Crippen molar-refractivity contribution in [3.8, 4) is 0 Å². The topological polar surface area (TPSA) is 40.5 Å². The van der Waals surface area contributed by atoms with Crippen molar-refractivity contribution in [1.82, 2.24) is 4.90 Å². The summed E-state index contributed by atoms with van der Waals surface area (Å²) >= 11 is 0. The van der Waals surface area contributed by atoms with Crippen LogP contribution in [0.4, 0.5) is 0 Å². The second kappa shape index (κ2) is 8.19. The number of benzene rings is 3. The second-order valence-electron chi connectivity index (χ2n) is 8.04. The van der Waals surface area contributed by atoms with E-state index in [0.29, 0.717) is 12.1 Å². The van der Waals surface area contributed by atoms with Gasteiger partial charge in [-0.15, -0.1) is 0 Å². The Morgan fingerprint density at radius 3 is 1.90 bits per heavy atom. The minimum Gasteiger partial charge on any atom is -0.503 e. The third kappa shape index (κ3) is 3.76. The van der Waals surface area contributed by atoms with E-state index >= 15 is 0 Å². The molecule has 1 aliphatic rings. The highest BCUT2D eigenvalue weighted by atomic mass is 16.3. The maximum absolute atomic E-state index is 13.2. The average molecular weight is 398 g/mol. The number of hydrogen-bond donors (Lipinski definition) is 1. The lowest BCUT2D eigenvalue weighted by atomic mass is 9.92. The van der Waals surface area contributed by atoms with E-state index in [-0.39, 0.29) is 17.7 Å². The lowest BCUT2D eigenvalue weighted by Crippen LogP contribution is -2.29. The second-order valence-corrected chi connectivity index (χ2v) is 8.04. The lowest BCUT2D eigenvalue weighted by molar-refractivity contribution is -0.130. The van der Waals surface area contributed by atoms with Crippen molar-refractivity contribution in [2.24, 2.45) is 0 Å². The van der Waals surface area contributed by atoms with Gasteiger partial charge in [-0.1, -0.05) is 90.8 Å². The number of aliphatic hydroxyl groups excluding tert-OH is 1. The van der Waals surface area contributed by atoms with Crippen molar-refractivity contribution in [2.75, 3.05) is 0 Å². The van der Waals surface area contributed by atoms with E-state index in [1.54, 1.807) is 4.90 Å². The van der Waals surface area contributed by atoms with Crippen molar-refractivity contribution in [2.45, 2.75) is 39.8 Å². The zero-order valence-corrected chi connectivity index (χ0v) is 17.7. The largest absolute Gasteiger partial charge is 0.503 e. The number of hydrogen-bond acceptors (Lipinski definition) is 2. The normalized spacial score (nSPS) is 16.4. The molecule has 0 radical (unpaired) electrons. The van der Waals surface area contributed by atoms with E-state index in [1.807, 2.05) is 50.2 Å². The number of nitrogens with zero attached hydrogens (tertiary/aromatic N) is 1. The summed E-state index contributed by atoms with van der Waals surface area (Å²) in [6.07, 6.45) is 0.961. The predicted molar refractivity (Wildman–Crippen MR) is 121 cm³/mol. The molecule has 0 aromatic heterocycles. The van der Waals surface area contributed by atoms with Gasteiger partial charge in [-0.3, -0.25) is 4.79 Å². The lowest BCUT2D eigenvalue weighted by Gasteiger charge is -2.28. The van der Waals surface area contributed by atoms with Gasteiger partial charge in [0, 0.05) is 12.1 Å². The molecule has 1 N–H and O–H groups in total. The third-order valence-corrected chi connectivity index (χ3v) is 5.84. The van der Waals surface area contributed by atoms with Crippen LogP contribution in [0.25, 0.3) is 5.57 Å². The van der Waals surface area contributed by atoms with E-state index in [1.165, 1.54) is 11.1 Å². The number of rotatable bonds is 5. The van der Waals surface area contributed by atoms with Crippen LogP contribution in [0, 0.1) is 13.8 Å². The molecular formula is C27H27NO2. The Kier molecular flexibility index (Phi) is 5.45. The molecule has 3 nitrogen and oxygen atoms in total. The maximum atomic E-state index is 13.2. The smallest absolute Gasteiger partial charge is 0.290 e. The summed E-state index contributed by atoms with van der Waals surface area (Å²) in [5.74, 6) is -0.480. The Bertz CT molecular complexity index is 1080. The summed E-state index contributed by atoms with van der Waals surface area (Å²) in [6, 6.07) is 24.2. The molecule has 1 heterocycles. The van der Waals surface area contributed by atoms with E-state index in [4.69, 9.17) is 0 Å². The highest BCUT2D eigenvalue weighted by molar-refractivity contribution is 6.05. The van der Waals surface area contributed by atoms with E-state index < -0.39 is 0 Å². The van der Waals surface area contributed by atoms with Gasteiger partial charge >= 0.3 is 0 Å². The van der Waals surface area contributed by atoms with Gasteiger partial charge < -0.3 is 10.0 Å². The number of carbonyl (C=O) groups excluding carboxylic acids is 1. The van der Waals surface area contributed by atoms with Gasteiger partial charge in [-0.2, -0.15) is 0 Å². The quantitative estimate of drug-likeness (QED) is 0.581. The highest BCUT2D eigenvalue weighted by Crippen LogP contribution is 2.43. The van der Waals surface area contributed by atoms with Crippen LogP contribution in [0.1, 0.15) is 46.3 Å². The maximum Gasteiger partial charge on any atom is 0.290 e. The molecule has 0 saturated heterocycles. The number of aryl methyl sites for hydroxylation is 3. The predicted octanol–water partition coefficient (Wildman–Crippen LogP) is 5.92. The van der Waals surface area contributed by atoms with Gasteiger partial charge in [0.05, 0.1) is 6.04 Å². The Hall–Kier alpha value is -3.33. The fraction of sp³-hybridized carbons (Fsp3) is 0.222. The van der Waals surface area contributed by atoms with E-state index in [0.717, 1.165) is 28.7 Å². The van der Waals surface area contributed by atoms with Crippen LogP contribution >= 0.6 is 0 Å². The minimum atomic E-state index is -0.326. The first-order chi connectivity index (χ1) is 14.5. The van der Waals surface area contributed by atoms with Crippen molar-refractivity contribution < 1.29 is 9.90 Å². The zero-order valence-electron chi connectivity index (χ0n) is 17.7. The fourth-order valence-corrected chi connectivity index (χ4v) is 4.02. The van der Waals surface area contributed by atoms with Crippen LogP contribution < -0.4 is 0 Å². The molecule has 1 aliphatic heterocycles. The molecule has 1 atom stereocenters. The van der Waals surface area contributed by atoms with Crippen LogP contribution in [0.3, 0.4) is 0 Å². The van der Waals surface area contributed by atoms with Crippen molar-refractivity contribution in [3.63, 3.8) is 0 Å². The highest BCUT2D eigenvalue weighted by Gasteiger charge is 2.40. The molecule has 3 aromatic rings. The van der Waals surface area contributed by atoms with Gasteiger partial charge in [0.25, 0.3) is 5.91 Å². The van der Waals surface area contributed by atoms with Crippen LogP contribution in [0.15, 0.2) is 78.6 Å². The first-order valence-electron chi connectivity index (χ1n) is 10.4. The monoisotopic (exact) mass is 397 g/mol. The standard InChI is InChI=1S/C27H27NO2/c1-4-20-11-15-23(16-12-20)25-24(22-13-7-19(3)8-14-22)26(29)27(30)28(25)17-21-9-5-18(2)6-10-21/h5-16,25,29H,4,17H2,1-3H3. The first kappa shape index (κ1) is 20.0. The molecule has 3 heteroatoms. The molecule has 0 fully saturated rings. The molecule has 4 rings (SSSR count). The van der Waals surface area contributed by atoms with Gasteiger partial charge in [0.1, 0.15) is 0 Å². The summed E-state index contributed by atoms with van der Waals surface area (Å²) in [7, 11) is 0. The Morgan fingerprint density at radius 1 is 0.800 bits per heavy atom. The molecule has 30 heavy (non-hydrogen) atoms. The van der Waals surface area contributed by atoms with Gasteiger partial charge in [-0.25, -0.2) is 0 Å². The van der Waals surface area contributed by atoms with E-state index in [2.05, 4.69) is 43.3 Å². The number of aliphatic hydroxyl groups is 1. The van der Waals surface area contributed by atoms with Crippen molar-refractivity contribution in [3.05, 3.63) is 112 Å². The SMILES string of the molecule is CCc1ccc(C2C(c3ccc(C)cc3)=C(O)C(=O)N2Cc2ccc(C)cc2)cc1. The van der Waals surface area contributed by atoms with Crippen LogP contribution in [-0.2, 0) is 17.8 Å². The molecule has 3 aromatic carbocycles. The summed E-state index contributed by atoms with van der Waals surface area (Å²) in [4.78, 5) is 14.9. The summed E-state index contributed by atoms with van der Waals surface area (Å²) in [6.45, 7) is 6.65. The van der Waals surface area contributed by atoms with Gasteiger partial charge in [0.2, 0.25) is 0 Å². The summed E-state index contributed by atoms with van der Waals surface area (Å²) in [5.41, 5.74) is 7.18. The Morgan fingerprint density at radius 2 is 1.33 bits per heavy atom. The molecule has 0 aliphatic carbocycles. The summed E-state index contributed by atoms with van der Waals surface area (Å²) in [5, 5.41) is 10.9. The fourth-order valence-electron chi connectivity index (χ4n) is 4.02. The van der Waals surface area contributed by atoms with Crippen LogP contribution in [0.2, 0.25) is 0 Å². The molecule has 0 bridgehead atoms. The van der Waals surface area contributed by atoms with Crippen molar-refractivity contribution >= 4 is 11.5 Å². The van der Waals surface area contributed by atoms with Gasteiger partial charge in [-0.05, 0) is 42.5 Å². The Balaban J connectivity index is 1.79. The minimum absolute atomic E-state index is 0.157. The molecule has 1 amide bonds. The van der Waals surface area contributed by atoms with Crippen molar-refractivity contribution in [1.29, 1.82) is 0 Å². The molecule has 0 saturated carbocycles. The average Bonchev–Trinajstić information content (AvgIpc) is 3.01. The number of carbonyl (C=O) groups is 1. The molecule has 1 unspecified atom stereocenters. The molecule has 0 spiro atoms. The Labute approximate surface area is 178 Å². The third-order valence-electron chi connectivity index (χ3n) is 5.84. The first-order valence-corrected chi connectivity index (χ1v) is 10.4. The summed E-state index contributed by atoms with van der Waals surface area (Å²) < 4.78 is 0. The van der Waals surface area contributed by atoms with Crippen LogP contribution in [-0.4, -0.2) is 15.9 Å². The van der Waals surface area contributed by atoms with Crippen LogP contribution in [0.5, 0.6) is 0 Å². The number of amides is 1. The molecular weight excluding hydrogens is 370 g/mol. The molecule has 152 valence electrons. The van der Waals surface area contributed by atoms with Gasteiger partial charge in [0.15, 0.2) is 5.76 Å². The van der Waals surface area contributed by atoms with E-state index in [9.17, 15) is 9.90 Å².